The number of ketones is 1. The van der Waals surface area contributed by atoms with Crippen molar-refractivity contribution in [3.05, 3.63) is 48.3 Å². The fourth-order valence-electron chi connectivity index (χ4n) is 2.18. The number of amides is 1. The van der Waals surface area contributed by atoms with Gasteiger partial charge in [-0.15, -0.1) is 0 Å². The summed E-state index contributed by atoms with van der Waals surface area (Å²) in [7, 11) is 0. The summed E-state index contributed by atoms with van der Waals surface area (Å²) >= 11 is 0. The zero-order chi connectivity index (χ0) is 19.3. The van der Waals surface area contributed by atoms with Crippen LogP contribution >= 0.6 is 0 Å². The number of ether oxygens (including phenoxy) is 1. The molecule has 0 aliphatic carbocycles. The summed E-state index contributed by atoms with van der Waals surface area (Å²) in [6.45, 7) is 6.78. The van der Waals surface area contributed by atoms with Gasteiger partial charge in [-0.3, -0.25) is 14.3 Å². The first-order valence-corrected chi connectivity index (χ1v) is 8.44. The molecule has 1 amide bonds. The molecule has 1 N–H and O–H groups in total. The van der Waals surface area contributed by atoms with Gasteiger partial charge in [0.25, 0.3) is 0 Å². The lowest BCUT2D eigenvalue weighted by atomic mass is 10.1. The van der Waals surface area contributed by atoms with E-state index in [1.165, 1.54) is 11.6 Å². The van der Waals surface area contributed by atoms with Crippen molar-refractivity contribution in [2.45, 2.75) is 39.8 Å². The summed E-state index contributed by atoms with van der Waals surface area (Å²) in [5, 5.41) is 6.74. The summed E-state index contributed by atoms with van der Waals surface area (Å²) in [6, 6.07) is 7.58. The van der Waals surface area contributed by atoms with Crippen molar-refractivity contribution in [3.63, 3.8) is 0 Å². The highest BCUT2D eigenvalue weighted by atomic mass is 16.5. The highest BCUT2D eigenvalue weighted by Crippen LogP contribution is 2.15. The molecule has 0 aliphatic rings. The Hall–Kier alpha value is -2.96. The lowest BCUT2D eigenvalue weighted by Crippen LogP contribution is -2.28. The second kappa shape index (κ2) is 8.42. The molecule has 0 bridgehead atoms. The van der Waals surface area contributed by atoms with Crippen molar-refractivity contribution in [2.24, 2.45) is 5.92 Å². The van der Waals surface area contributed by atoms with Crippen LogP contribution in [-0.2, 0) is 14.3 Å². The fourth-order valence-corrected chi connectivity index (χ4v) is 2.18. The van der Waals surface area contributed by atoms with E-state index in [-0.39, 0.29) is 17.6 Å². The number of hydrogen-bond donors (Lipinski definition) is 1. The minimum atomic E-state index is -0.920. The smallest absolute Gasteiger partial charge is 0.331 e. The van der Waals surface area contributed by atoms with E-state index in [1.807, 2.05) is 0 Å². The molecule has 7 nitrogen and oxygen atoms in total. The number of aromatic nitrogens is 2. The van der Waals surface area contributed by atoms with Gasteiger partial charge in [0.1, 0.15) is 6.04 Å². The fraction of sp³-hybridized carbons (Fsp3) is 0.368. The van der Waals surface area contributed by atoms with Crippen molar-refractivity contribution in [1.82, 2.24) is 9.78 Å². The molecule has 7 heteroatoms. The van der Waals surface area contributed by atoms with Gasteiger partial charge in [0.2, 0.25) is 11.7 Å². The van der Waals surface area contributed by atoms with Gasteiger partial charge < -0.3 is 10.1 Å². The predicted molar refractivity (Wildman–Crippen MR) is 96.7 cm³/mol. The molecule has 1 aromatic heterocycles. The molecule has 2 atom stereocenters. The maximum Gasteiger partial charge on any atom is 0.331 e. The average Bonchev–Trinajstić information content (AvgIpc) is 3.15. The number of carbonyl (C=O) groups excluding carboxylic acids is 3. The highest BCUT2D eigenvalue weighted by Gasteiger charge is 2.24. The number of anilines is 1. The number of carbonyl (C=O) groups is 3. The van der Waals surface area contributed by atoms with Crippen molar-refractivity contribution in [3.8, 4) is 0 Å². The first-order chi connectivity index (χ1) is 12.3. The first-order valence-electron chi connectivity index (χ1n) is 8.44. The van der Waals surface area contributed by atoms with Gasteiger partial charge in [-0.1, -0.05) is 13.8 Å². The molecular weight excluding hydrogens is 334 g/mol. The summed E-state index contributed by atoms with van der Waals surface area (Å²) in [4.78, 5) is 36.3. The van der Waals surface area contributed by atoms with Crippen molar-refractivity contribution in [1.29, 1.82) is 0 Å². The summed E-state index contributed by atoms with van der Waals surface area (Å²) in [6.07, 6.45) is 2.30. The Morgan fingerprint density at radius 1 is 1.08 bits per heavy atom. The number of hydrogen-bond acceptors (Lipinski definition) is 5. The van der Waals surface area contributed by atoms with Gasteiger partial charge in [-0.05, 0) is 44.2 Å². The lowest BCUT2D eigenvalue weighted by molar-refractivity contribution is -0.150. The van der Waals surface area contributed by atoms with Crippen LogP contribution in [0.25, 0.3) is 0 Å². The molecule has 0 unspecified atom stereocenters. The SMILES string of the molecule is CC(C)C(=O)Nc1ccc(C(=O)[C@@H](C)OC(=O)[C@H](C)n2cccn2)cc1. The van der Waals surface area contributed by atoms with Gasteiger partial charge in [-0.25, -0.2) is 4.79 Å². The molecule has 0 saturated heterocycles. The molecule has 0 radical (unpaired) electrons. The Balaban J connectivity index is 1.97. The number of rotatable bonds is 7. The second-order valence-electron chi connectivity index (χ2n) is 6.33. The maximum absolute atomic E-state index is 12.4. The molecule has 0 aliphatic heterocycles. The standard InChI is InChI=1S/C19H23N3O4/c1-12(2)18(24)21-16-8-6-15(7-9-16)17(23)14(4)26-19(25)13(3)22-11-5-10-20-22/h5-14H,1-4H3,(H,21,24)/t13-,14+/m0/s1. The monoisotopic (exact) mass is 357 g/mol. The Morgan fingerprint density at radius 3 is 2.27 bits per heavy atom. The second-order valence-corrected chi connectivity index (χ2v) is 6.33. The van der Waals surface area contributed by atoms with E-state index in [1.54, 1.807) is 63.5 Å². The molecule has 138 valence electrons. The van der Waals surface area contributed by atoms with Gasteiger partial charge >= 0.3 is 5.97 Å². The summed E-state index contributed by atoms with van der Waals surface area (Å²) in [5.74, 6) is -1.07. The van der Waals surface area contributed by atoms with E-state index in [0.29, 0.717) is 11.3 Å². The predicted octanol–water partition coefficient (Wildman–Crippen LogP) is 2.85. The van der Waals surface area contributed by atoms with E-state index in [9.17, 15) is 14.4 Å². The van der Waals surface area contributed by atoms with Gasteiger partial charge in [0, 0.05) is 29.6 Å². The largest absolute Gasteiger partial charge is 0.453 e. The molecule has 0 spiro atoms. The molecule has 2 rings (SSSR count). The van der Waals surface area contributed by atoms with Gasteiger partial charge in [0.15, 0.2) is 6.10 Å². The molecule has 0 fully saturated rings. The third-order valence-corrected chi connectivity index (χ3v) is 3.89. The Bertz CT molecular complexity index is 767. The van der Waals surface area contributed by atoms with E-state index >= 15 is 0 Å². The third kappa shape index (κ3) is 4.78. The third-order valence-electron chi connectivity index (χ3n) is 3.89. The van der Waals surface area contributed by atoms with E-state index < -0.39 is 18.1 Å². The molecule has 1 aromatic carbocycles. The van der Waals surface area contributed by atoms with Crippen molar-refractivity contribution < 1.29 is 19.1 Å². The summed E-state index contributed by atoms with van der Waals surface area (Å²) in [5.41, 5.74) is 1.01. The Morgan fingerprint density at radius 2 is 1.73 bits per heavy atom. The molecule has 26 heavy (non-hydrogen) atoms. The van der Waals surface area contributed by atoms with Crippen LogP contribution in [0.4, 0.5) is 5.69 Å². The lowest BCUT2D eigenvalue weighted by Gasteiger charge is -2.16. The van der Waals surface area contributed by atoms with Crippen molar-refractivity contribution in [2.75, 3.05) is 5.32 Å². The van der Waals surface area contributed by atoms with Crippen LogP contribution in [0.5, 0.6) is 0 Å². The number of esters is 1. The Labute approximate surface area is 152 Å². The van der Waals surface area contributed by atoms with Gasteiger partial charge in [0.05, 0.1) is 0 Å². The van der Waals surface area contributed by atoms with Gasteiger partial charge in [-0.2, -0.15) is 5.10 Å². The topological polar surface area (TPSA) is 90.3 Å². The normalized spacial score (nSPS) is 13.1. The van der Waals surface area contributed by atoms with E-state index in [0.717, 1.165) is 0 Å². The van der Waals surface area contributed by atoms with Crippen LogP contribution < -0.4 is 5.32 Å². The van der Waals surface area contributed by atoms with Crippen LogP contribution in [0.1, 0.15) is 44.1 Å². The molecule has 0 saturated carbocycles. The minimum absolute atomic E-state index is 0.0982. The first kappa shape index (κ1) is 19.4. The van der Waals surface area contributed by atoms with Crippen LogP contribution in [0.2, 0.25) is 0 Å². The maximum atomic E-state index is 12.4. The minimum Gasteiger partial charge on any atom is -0.453 e. The summed E-state index contributed by atoms with van der Waals surface area (Å²) < 4.78 is 6.72. The molecule has 1 heterocycles. The zero-order valence-corrected chi connectivity index (χ0v) is 15.3. The number of benzene rings is 1. The van der Waals surface area contributed by atoms with Crippen LogP contribution in [0, 0.1) is 5.92 Å². The van der Waals surface area contributed by atoms with Crippen LogP contribution in [0.3, 0.4) is 0 Å². The molecule has 2 aromatic rings. The van der Waals surface area contributed by atoms with E-state index in [2.05, 4.69) is 10.4 Å². The Kier molecular flexibility index (Phi) is 6.27. The zero-order valence-electron chi connectivity index (χ0n) is 15.3. The number of Topliss-reactive ketones (excluding diaryl/α,β-unsaturated/α-hetero) is 1. The quantitative estimate of drug-likeness (QED) is 0.608. The van der Waals surface area contributed by atoms with Crippen molar-refractivity contribution >= 4 is 23.3 Å². The van der Waals surface area contributed by atoms with Crippen LogP contribution in [-0.4, -0.2) is 33.5 Å². The van der Waals surface area contributed by atoms with E-state index in [4.69, 9.17) is 4.74 Å². The number of nitrogens with one attached hydrogen (secondary N) is 1. The highest BCUT2D eigenvalue weighted by molar-refractivity contribution is 6.01. The molecular formula is C19H23N3O4. The van der Waals surface area contributed by atoms with Crippen LogP contribution in [0.15, 0.2) is 42.7 Å². The number of nitrogens with zero attached hydrogens (tertiary/aromatic N) is 2. The average molecular weight is 357 g/mol.